The van der Waals surface area contributed by atoms with E-state index in [4.69, 9.17) is 0 Å². The van der Waals surface area contributed by atoms with Crippen molar-refractivity contribution in [3.8, 4) is 0 Å². The highest BCUT2D eigenvalue weighted by Crippen LogP contribution is 2.23. The molecule has 0 aromatic heterocycles. The maximum absolute atomic E-state index is 13.9. The number of hydrogen-bond donors (Lipinski definition) is 1. The molecule has 1 N–H and O–H groups in total. The summed E-state index contributed by atoms with van der Waals surface area (Å²) in [7, 11) is -3.53. The van der Waals surface area contributed by atoms with Crippen molar-refractivity contribution in [3.05, 3.63) is 76.9 Å². The van der Waals surface area contributed by atoms with Crippen LogP contribution in [0.15, 0.2) is 60.0 Å². The van der Waals surface area contributed by atoms with E-state index in [0.29, 0.717) is 18.4 Å². The Morgan fingerprint density at radius 2 is 1.72 bits per heavy atom. The molecule has 1 atom stereocenters. The Hall–Kier alpha value is -2.51. The molecule has 0 radical (unpaired) electrons. The van der Waals surface area contributed by atoms with Gasteiger partial charge in [-0.1, -0.05) is 48.5 Å². The summed E-state index contributed by atoms with van der Waals surface area (Å²) in [6.07, 6.45) is 2.45. The molecule has 2 aromatic rings. The molecule has 1 aliphatic rings. The van der Waals surface area contributed by atoms with Gasteiger partial charge in [0.05, 0.1) is 6.04 Å². The number of carbonyl (C=O) groups is 1. The number of piperidine rings is 1. The fourth-order valence-corrected chi connectivity index (χ4v) is 4.64. The standard InChI is InChI=1S/C22H25FN2O3S/c1-17(20-9-5-6-10-21(20)23)24-22(26)19-11-14-25(15-12-19)29(27,28)16-13-18-7-3-2-4-8-18/h2-10,13,16-17,19H,11-12,14-15H2,1H3,(H,24,26)/b16-13+. The van der Waals surface area contributed by atoms with Crippen molar-refractivity contribution < 1.29 is 17.6 Å². The van der Waals surface area contributed by atoms with E-state index in [-0.39, 0.29) is 30.7 Å². The Morgan fingerprint density at radius 1 is 1.10 bits per heavy atom. The van der Waals surface area contributed by atoms with Gasteiger partial charge in [0.15, 0.2) is 0 Å². The molecule has 3 rings (SSSR count). The van der Waals surface area contributed by atoms with E-state index < -0.39 is 16.1 Å². The number of carbonyl (C=O) groups excluding carboxylic acids is 1. The van der Waals surface area contributed by atoms with Crippen molar-refractivity contribution in [2.45, 2.75) is 25.8 Å². The maximum atomic E-state index is 13.9. The van der Waals surface area contributed by atoms with Gasteiger partial charge in [0, 0.05) is 30.0 Å². The molecule has 1 fully saturated rings. The number of hydrogen-bond acceptors (Lipinski definition) is 3. The van der Waals surface area contributed by atoms with E-state index in [9.17, 15) is 17.6 Å². The van der Waals surface area contributed by atoms with Gasteiger partial charge in [0.25, 0.3) is 0 Å². The van der Waals surface area contributed by atoms with Crippen LogP contribution in [0, 0.1) is 11.7 Å². The number of benzene rings is 2. The maximum Gasteiger partial charge on any atom is 0.236 e. The van der Waals surface area contributed by atoms with E-state index in [1.165, 1.54) is 15.8 Å². The lowest BCUT2D eigenvalue weighted by Gasteiger charge is -2.30. The summed E-state index contributed by atoms with van der Waals surface area (Å²) in [6, 6.07) is 15.1. The zero-order valence-electron chi connectivity index (χ0n) is 16.3. The molecule has 29 heavy (non-hydrogen) atoms. The summed E-state index contributed by atoms with van der Waals surface area (Å²) in [4.78, 5) is 12.5. The second kappa shape index (κ2) is 9.33. The van der Waals surface area contributed by atoms with Crippen molar-refractivity contribution >= 4 is 22.0 Å². The summed E-state index contributed by atoms with van der Waals surface area (Å²) in [5.41, 5.74) is 1.25. The normalized spacial score (nSPS) is 17.3. The van der Waals surface area contributed by atoms with Gasteiger partial charge in [-0.25, -0.2) is 12.8 Å². The van der Waals surface area contributed by atoms with E-state index in [2.05, 4.69) is 5.32 Å². The van der Waals surface area contributed by atoms with Gasteiger partial charge < -0.3 is 5.32 Å². The summed E-state index contributed by atoms with van der Waals surface area (Å²) < 4.78 is 40.3. The van der Waals surface area contributed by atoms with Crippen molar-refractivity contribution in [1.29, 1.82) is 0 Å². The molecular weight excluding hydrogens is 391 g/mol. The summed E-state index contributed by atoms with van der Waals surface area (Å²) in [5.74, 6) is -0.808. The van der Waals surface area contributed by atoms with Gasteiger partial charge in [-0.3, -0.25) is 4.79 Å². The first kappa shape index (κ1) is 21.2. The first-order valence-electron chi connectivity index (χ1n) is 9.65. The van der Waals surface area contributed by atoms with Gasteiger partial charge in [-0.05, 0) is 37.5 Å². The SMILES string of the molecule is CC(NC(=O)C1CCN(S(=O)(=O)/C=C/c2ccccc2)CC1)c1ccccc1F. The molecule has 1 amide bonds. The molecule has 0 bridgehead atoms. The molecule has 1 unspecified atom stereocenters. The first-order chi connectivity index (χ1) is 13.9. The number of nitrogens with zero attached hydrogens (tertiary/aromatic N) is 1. The average Bonchev–Trinajstić information content (AvgIpc) is 2.73. The van der Waals surface area contributed by atoms with E-state index >= 15 is 0 Å². The molecule has 0 spiro atoms. The van der Waals surface area contributed by atoms with E-state index in [1.54, 1.807) is 31.2 Å². The molecule has 1 saturated heterocycles. The fraction of sp³-hybridized carbons (Fsp3) is 0.318. The first-order valence-corrected chi connectivity index (χ1v) is 11.2. The molecule has 5 nitrogen and oxygen atoms in total. The molecule has 1 aliphatic heterocycles. The van der Waals surface area contributed by atoms with Crippen LogP contribution in [0.1, 0.15) is 36.9 Å². The molecule has 2 aromatic carbocycles. The van der Waals surface area contributed by atoms with Gasteiger partial charge in [-0.15, -0.1) is 0 Å². The third-order valence-corrected chi connectivity index (χ3v) is 6.71. The second-order valence-corrected chi connectivity index (χ2v) is 9.00. The predicted molar refractivity (Wildman–Crippen MR) is 112 cm³/mol. The van der Waals surface area contributed by atoms with Gasteiger partial charge in [0.1, 0.15) is 5.82 Å². The van der Waals surface area contributed by atoms with Crippen LogP contribution in [0.4, 0.5) is 4.39 Å². The van der Waals surface area contributed by atoms with Crippen molar-refractivity contribution in [2.24, 2.45) is 5.92 Å². The molecule has 154 valence electrons. The van der Waals surface area contributed by atoms with Crippen LogP contribution in [0.3, 0.4) is 0 Å². The van der Waals surface area contributed by atoms with Crippen molar-refractivity contribution in [1.82, 2.24) is 9.62 Å². The monoisotopic (exact) mass is 416 g/mol. The Labute approximate surface area is 171 Å². The van der Waals surface area contributed by atoms with Crippen LogP contribution in [0.5, 0.6) is 0 Å². The predicted octanol–water partition coefficient (Wildman–Crippen LogP) is 3.72. The third kappa shape index (κ3) is 5.52. The third-order valence-electron chi connectivity index (χ3n) is 5.15. The minimum absolute atomic E-state index is 0.169. The minimum Gasteiger partial charge on any atom is -0.349 e. The van der Waals surface area contributed by atoms with Gasteiger partial charge in [-0.2, -0.15) is 4.31 Å². The average molecular weight is 417 g/mol. The van der Waals surface area contributed by atoms with E-state index in [1.807, 2.05) is 30.3 Å². The topological polar surface area (TPSA) is 66.5 Å². The lowest BCUT2D eigenvalue weighted by Crippen LogP contribution is -2.42. The quantitative estimate of drug-likeness (QED) is 0.781. The molecular formula is C22H25FN2O3S. The van der Waals surface area contributed by atoms with E-state index in [0.717, 1.165) is 5.56 Å². The number of nitrogens with one attached hydrogen (secondary N) is 1. The van der Waals surface area contributed by atoms with Gasteiger partial charge in [0.2, 0.25) is 15.9 Å². The van der Waals surface area contributed by atoms with Gasteiger partial charge >= 0.3 is 0 Å². The summed E-state index contributed by atoms with van der Waals surface area (Å²) in [5, 5.41) is 4.06. The Bertz CT molecular complexity index is 969. The molecule has 7 heteroatoms. The smallest absolute Gasteiger partial charge is 0.236 e. The van der Waals surface area contributed by atoms with Crippen LogP contribution >= 0.6 is 0 Å². The highest BCUT2D eigenvalue weighted by atomic mass is 32.2. The Balaban J connectivity index is 1.55. The number of halogens is 1. The number of rotatable bonds is 6. The van der Waals surface area contributed by atoms with Crippen LogP contribution in [-0.4, -0.2) is 31.7 Å². The lowest BCUT2D eigenvalue weighted by molar-refractivity contribution is -0.126. The Kier molecular flexibility index (Phi) is 6.82. The second-order valence-electron chi connectivity index (χ2n) is 7.18. The fourth-order valence-electron chi connectivity index (χ4n) is 3.42. The van der Waals surface area contributed by atoms with Crippen LogP contribution in [0.25, 0.3) is 6.08 Å². The largest absolute Gasteiger partial charge is 0.349 e. The Morgan fingerprint density at radius 3 is 2.38 bits per heavy atom. The minimum atomic E-state index is -3.53. The zero-order chi connectivity index (χ0) is 20.9. The van der Waals surface area contributed by atoms with Crippen molar-refractivity contribution in [2.75, 3.05) is 13.1 Å². The number of amides is 1. The molecule has 1 heterocycles. The number of sulfonamides is 1. The van der Waals surface area contributed by atoms with Crippen LogP contribution in [-0.2, 0) is 14.8 Å². The van der Waals surface area contributed by atoms with Crippen LogP contribution in [0.2, 0.25) is 0 Å². The zero-order valence-corrected chi connectivity index (χ0v) is 17.1. The summed E-state index contributed by atoms with van der Waals surface area (Å²) >= 11 is 0. The highest BCUT2D eigenvalue weighted by molar-refractivity contribution is 7.92. The molecule has 0 aliphatic carbocycles. The van der Waals surface area contributed by atoms with Crippen molar-refractivity contribution in [3.63, 3.8) is 0 Å². The van der Waals surface area contributed by atoms with Crippen LogP contribution < -0.4 is 5.32 Å². The summed E-state index contributed by atoms with van der Waals surface area (Å²) in [6.45, 7) is 2.31. The lowest BCUT2D eigenvalue weighted by atomic mass is 9.96. The molecule has 0 saturated carbocycles. The highest BCUT2D eigenvalue weighted by Gasteiger charge is 2.30.